The van der Waals surface area contributed by atoms with Crippen LogP contribution >= 0.6 is 11.3 Å². The number of nitrogens with zero attached hydrogens (tertiary/aromatic N) is 2. The molecule has 0 aliphatic carbocycles. The summed E-state index contributed by atoms with van der Waals surface area (Å²) in [4.78, 5) is 10.7. The number of nitro benzene ring substituents is 1. The van der Waals surface area contributed by atoms with Crippen molar-refractivity contribution < 1.29 is 9.49 Å². The van der Waals surface area contributed by atoms with Gasteiger partial charge in [0.05, 0.1) is 11.5 Å². The fourth-order valence-electron chi connectivity index (χ4n) is 2.53. The largest absolute Gasteiger partial charge is 0.376 e. The zero-order valence-corrected chi connectivity index (χ0v) is 14.6. The van der Waals surface area contributed by atoms with E-state index in [-0.39, 0.29) is 10.6 Å². The lowest BCUT2D eigenvalue weighted by Gasteiger charge is -2.07. The van der Waals surface area contributed by atoms with Crippen molar-refractivity contribution in [3.05, 3.63) is 75.8 Å². The van der Waals surface area contributed by atoms with E-state index in [0.717, 1.165) is 16.5 Å². The number of thiazole rings is 1. The van der Waals surface area contributed by atoms with Gasteiger partial charge in [-0.25, -0.2) is 9.88 Å². The Morgan fingerprint density at radius 1 is 1.12 bits per heavy atom. The van der Waals surface area contributed by atoms with Crippen LogP contribution < -0.4 is 15.2 Å². The first kappa shape index (κ1) is 16.9. The molecule has 128 valence electrons. The Morgan fingerprint density at radius 3 is 2.60 bits per heavy atom. The SMILES string of the molecule is Cc1csc(Nc2ccccc2)[n+]1CCNc1ccccc1[N+](=O)[O-]. The average molecular weight is 355 g/mol. The molecule has 3 rings (SSSR count). The fraction of sp³-hybridized carbons (Fsp3) is 0.167. The normalized spacial score (nSPS) is 10.4. The Morgan fingerprint density at radius 2 is 1.84 bits per heavy atom. The molecule has 0 spiro atoms. The molecular formula is C18H19N4O2S+. The van der Waals surface area contributed by atoms with Crippen LogP contribution in [0.5, 0.6) is 0 Å². The lowest BCUT2D eigenvalue weighted by molar-refractivity contribution is -0.681. The molecule has 0 aliphatic heterocycles. The second kappa shape index (κ2) is 7.76. The van der Waals surface area contributed by atoms with Crippen LogP contribution in [0.25, 0.3) is 0 Å². The van der Waals surface area contributed by atoms with Gasteiger partial charge in [0.1, 0.15) is 23.6 Å². The molecule has 0 bridgehead atoms. The Balaban J connectivity index is 1.68. The molecule has 0 radical (unpaired) electrons. The second-order valence-electron chi connectivity index (χ2n) is 5.53. The number of hydrogen-bond donors (Lipinski definition) is 2. The van der Waals surface area contributed by atoms with Gasteiger partial charge < -0.3 is 5.32 Å². The standard InChI is InChI=1S/C18H18N4O2S/c1-14-13-25-18(20-15-7-3-2-4-8-15)21(14)12-11-19-16-9-5-6-10-17(16)22(23)24/h2-10,13,19H,11-12H2,1H3/p+1. The number of aromatic nitrogens is 1. The smallest absolute Gasteiger partial charge is 0.339 e. The van der Waals surface area contributed by atoms with Gasteiger partial charge in [0.15, 0.2) is 0 Å². The number of hydrogen-bond acceptors (Lipinski definition) is 5. The first-order valence-electron chi connectivity index (χ1n) is 7.92. The van der Waals surface area contributed by atoms with Gasteiger partial charge in [-0.1, -0.05) is 41.7 Å². The van der Waals surface area contributed by atoms with Crippen LogP contribution in [0, 0.1) is 17.0 Å². The maximum atomic E-state index is 11.1. The molecule has 1 heterocycles. The molecule has 0 saturated heterocycles. The Kier molecular flexibility index (Phi) is 5.25. The van der Waals surface area contributed by atoms with Gasteiger partial charge >= 0.3 is 5.13 Å². The molecule has 0 saturated carbocycles. The minimum absolute atomic E-state index is 0.0946. The van der Waals surface area contributed by atoms with E-state index in [1.165, 1.54) is 6.07 Å². The van der Waals surface area contributed by atoms with Crippen molar-refractivity contribution >= 4 is 33.5 Å². The molecule has 2 aromatic carbocycles. The summed E-state index contributed by atoms with van der Waals surface area (Å²) in [5.41, 5.74) is 2.81. The van der Waals surface area contributed by atoms with Crippen LogP contribution in [0.3, 0.4) is 0 Å². The minimum Gasteiger partial charge on any atom is -0.376 e. The van der Waals surface area contributed by atoms with Crippen molar-refractivity contribution in [3.8, 4) is 0 Å². The van der Waals surface area contributed by atoms with E-state index >= 15 is 0 Å². The number of aryl methyl sites for hydroxylation is 1. The maximum Gasteiger partial charge on any atom is 0.339 e. The summed E-state index contributed by atoms with van der Waals surface area (Å²) in [5.74, 6) is 0. The summed E-state index contributed by atoms with van der Waals surface area (Å²) in [6, 6.07) is 16.7. The highest BCUT2D eigenvalue weighted by atomic mass is 32.1. The monoisotopic (exact) mass is 355 g/mol. The van der Waals surface area contributed by atoms with Crippen LogP contribution in [-0.2, 0) is 6.54 Å². The topological polar surface area (TPSA) is 71.1 Å². The summed E-state index contributed by atoms with van der Waals surface area (Å²) in [7, 11) is 0. The van der Waals surface area contributed by atoms with Crippen molar-refractivity contribution in [3.63, 3.8) is 0 Å². The van der Waals surface area contributed by atoms with Gasteiger partial charge in [0.25, 0.3) is 5.69 Å². The summed E-state index contributed by atoms with van der Waals surface area (Å²) in [6.45, 7) is 3.35. The summed E-state index contributed by atoms with van der Waals surface area (Å²) in [5, 5.41) is 20.8. The quantitative estimate of drug-likeness (QED) is 0.380. The lowest BCUT2D eigenvalue weighted by Crippen LogP contribution is -2.40. The molecule has 0 fully saturated rings. The van der Waals surface area contributed by atoms with E-state index < -0.39 is 0 Å². The first-order chi connectivity index (χ1) is 12.1. The van der Waals surface area contributed by atoms with E-state index in [1.807, 2.05) is 30.3 Å². The van der Waals surface area contributed by atoms with Crippen LogP contribution in [-0.4, -0.2) is 11.5 Å². The molecular weight excluding hydrogens is 336 g/mol. The van der Waals surface area contributed by atoms with Crippen molar-refractivity contribution in [2.75, 3.05) is 17.2 Å². The number of nitro groups is 1. The maximum absolute atomic E-state index is 11.1. The van der Waals surface area contributed by atoms with E-state index in [9.17, 15) is 10.1 Å². The van der Waals surface area contributed by atoms with Gasteiger partial charge in [-0.15, -0.1) is 0 Å². The zero-order chi connectivity index (χ0) is 17.6. The molecule has 25 heavy (non-hydrogen) atoms. The van der Waals surface area contributed by atoms with Crippen molar-refractivity contribution in [2.45, 2.75) is 13.5 Å². The lowest BCUT2D eigenvalue weighted by atomic mass is 10.2. The van der Waals surface area contributed by atoms with Crippen molar-refractivity contribution in [1.82, 2.24) is 0 Å². The van der Waals surface area contributed by atoms with Crippen LogP contribution in [0.2, 0.25) is 0 Å². The summed E-state index contributed by atoms with van der Waals surface area (Å²) < 4.78 is 2.17. The molecule has 0 atom stereocenters. The number of para-hydroxylation sites is 3. The summed E-state index contributed by atoms with van der Waals surface area (Å²) in [6.07, 6.45) is 0. The Labute approximate surface area is 149 Å². The Hall–Kier alpha value is -2.93. The minimum atomic E-state index is -0.367. The molecule has 0 amide bonds. The van der Waals surface area contributed by atoms with E-state index in [0.29, 0.717) is 18.8 Å². The number of nitrogens with one attached hydrogen (secondary N) is 2. The number of anilines is 3. The van der Waals surface area contributed by atoms with Gasteiger partial charge in [-0.2, -0.15) is 0 Å². The van der Waals surface area contributed by atoms with E-state index in [4.69, 9.17) is 0 Å². The van der Waals surface area contributed by atoms with Crippen LogP contribution in [0.15, 0.2) is 60.0 Å². The highest BCUT2D eigenvalue weighted by molar-refractivity contribution is 7.13. The van der Waals surface area contributed by atoms with E-state index in [2.05, 4.69) is 27.5 Å². The molecule has 2 N–H and O–H groups in total. The molecule has 0 aliphatic rings. The molecule has 3 aromatic rings. The number of benzene rings is 2. The first-order valence-corrected chi connectivity index (χ1v) is 8.80. The fourth-order valence-corrected chi connectivity index (χ4v) is 3.48. The highest BCUT2D eigenvalue weighted by Crippen LogP contribution is 2.23. The van der Waals surface area contributed by atoms with E-state index in [1.54, 1.807) is 29.5 Å². The predicted molar refractivity (Wildman–Crippen MR) is 101 cm³/mol. The average Bonchev–Trinajstić information content (AvgIpc) is 2.96. The van der Waals surface area contributed by atoms with Gasteiger partial charge in [-0.05, 0) is 25.1 Å². The molecule has 0 unspecified atom stereocenters. The molecule has 6 nitrogen and oxygen atoms in total. The molecule has 7 heteroatoms. The zero-order valence-electron chi connectivity index (χ0n) is 13.8. The van der Waals surface area contributed by atoms with Gasteiger partial charge in [0.2, 0.25) is 0 Å². The van der Waals surface area contributed by atoms with Gasteiger partial charge in [0, 0.05) is 11.4 Å². The molecule has 1 aromatic heterocycles. The summed E-state index contributed by atoms with van der Waals surface area (Å²) >= 11 is 1.64. The third-order valence-electron chi connectivity index (χ3n) is 3.79. The highest BCUT2D eigenvalue weighted by Gasteiger charge is 2.16. The third-order valence-corrected chi connectivity index (χ3v) is 4.79. The van der Waals surface area contributed by atoms with Crippen molar-refractivity contribution in [1.29, 1.82) is 0 Å². The number of rotatable bonds is 7. The van der Waals surface area contributed by atoms with Crippen LogP contribution in [0.1, 0.15) is 5.69 Å². The van der Waals surface area contributed by atoms with Gasteiger partial charge in [-0.3, -0.25) is 10.1 Å². The third kappa shape index (κ3) is 4.13. The second-order valence-corrected chi connectivity index (χ2v) is 6.38. The van der Waals surface area contributed by atoms with Crippen molar-refractivity contribution in [2.24, 2.45) is 0 Å². The Bertz CT molecular complexity index is 865. The van der Waals surface area contributed by atoms with Crippen LogP contribution in [0.4, 0.5) is 22.2 Å². The predicted octanol–water partition coefficient (Wildman–Crippen LogP) is 4.11.